The lowest BCUT2D eigenvalue weighted by molar-refractivity contribution is -0.120. The molecule has 1 fully saturated rings. The first-order valence-corrected chi connectivity index (χ1v) is 10.2. The lowest BCUT2D eigenvalue weighted by Crippen LogP contribution is -2.53. The second-order valence-electron chi connectivity index (χ2n) is 7.33. The Morgan fingerprint density at radius 1 is 1.42 bits per heavy atom. The molecule has 0 aromatic heterocycles. The van der Waals surface area contributed by atoms with Gasteiger partial charge in [-0.2, -0.15) is 4.31 Å². The van der Waals surface area contributed by atoms with Crippen LogP contribution in [0.4, 0.5) is 0 Å². The number of piperidine rings is 1. The van der Waals surface area contributed by atoms with Crippen molar-refractivity contribution in [1.29, 1.82) is 0 Å². The third-order valence-electron chi connectivity index (χ3n) is 4.96. The van der Waals surface area contributed by atoms with E-state index in [1.54, 1.807) is 25.1 Å². The molecule has 0 spiro atoms. The number of rotatable bonds is 6. The molecule has 1 saturated heterocycles. The molecule has 0 aliphatic carbocycles. The Kier molecular flexibility index (Phi) is 6.31. The maximum absolute atomic E-state index is 13.1. The Bertz CT molecular complexity index is 762. The van der Waals surface area contributed by atoms with Crippen LogP contribution in [0.3, 0.4) is 0 Å². The van der Waals surface area contributed by atoms with Crippen molar-refractivity contribution in [2.75, 3.05) is 20.2 Å². The molecule has 8 heteroatoms. The van der Waals surface area contributed by atoms with E-state index in [-0.39, 0.29) is 28.8 Å². The molecule has 0 bridgehead atoms. The van der Waals surface area contributed by atoms with Gasteiger partial charge in [0.15, 0.2) is 0 Å². The van der Waals surface area contributed by atoms with E-state index >= 15 is 0 Å². The Morgan fingerprint density at radius 2 is 2.12 bits per heavy atom. The van der Waals surface area contributed by atoms with Crippen molar-refractivity contribution in [1.82, 2.24) is 9.62 Å². The van der Waals surface area contributed by atoms with E-state index in [2.05, 4.69) is 5.32 Å². The predicted octanol–water partition coefficient (Wildman–Crippen LogP) is 1.47. The number of sulfonamides is 1. The Hall–Kier alpha value is -1.64. The van der Waals surface area contributed by atoms with Crippen LogP contribution in [-0.2, 0) is 21.4 Å². The molecule has 1 aliphatic heterocycles. The number of carbonyl (C=O) groups excluding carboxylic acids is 1. The average Bonchev–Trinajstić information content (AvgIpc) is 2.61. The minimum atomic E-state index is -3.64. The Labute approximate surface area is 155 Å². The summed E-state index contributed by atoms with van der Waals surface area (Å²) in [5.41, 5.74) is 6.47. The van der Waals surface area contributed by atoms with E-state index < -0.39 is 10.0 Å². The summed E-state index contributed by atoms with van der Waals surface area (Å²) in [6.45, 7) is 6.73. The van der Waals surface area contributed by atoms with Gasteiger partial charge >= 0.3 is 0 Å². The number of benzene rings is 1. The molecule has 3 N–H and O–H groups in total. The third kappa shape index (κ3) is 4.36. The van der Waals surface area contributed by atoms with E-state index in [1.807, 2.05) is 13.8 Å². The topological polar surface area (TPSA) is 102 Å². The summed E-state index contributed by atoms with van der Waals surface area (Å²) in [6, 6.07) is 4.72. The van der Waals surface area contributed by atoms with Crippen LogP contribution in [0.1, 0.15) is 39.2 Å². The lowest BCUT2D eigenvalue weighted by Gasteiger charge is -2.41. The molecule has 1 unspecified atom stereocenters. The number of ether oxygens (including phenoxy) is 1. The Morgan fingerprint density at radius 3 is 2.69 bits per heavy atom. The second kappa shape index (κ2) is 7.94. The van der Waals surface area contributed by atoms with Crippen molar-refractivity contribution < 1.29 is 17.9 Å². The van der Waals surface area contributed by atoms with Gasteiger partial charge in [-0.1, -0.05) is 20.8 Å². The number of nitrogens with one attached hydrogen (secondary N) is 1. The highest BCUT2D eigenvalue weighted by Crippen LogP contribution is 2.32. The number of hydrogen-bond acceptors (Lipinski definition) is 5. The SMILES string of the molecule is CCC(=O)NCc1cc(S(=O)(=O)N2CCC(N)C(C)(C)C2)ccc1OC. The van der Waals surface area contributed by atoms with Gasteiger partial charge in [0, 0.05) is 37.7 Å². The van der Waals surface area contributed by atoms with Gasteiger partial charge in [-0.25, -0.2) is 8.42 Å². The zero-order valence-corrected chi connectivity index (χ0v) is 16.7. The van der Waals surface area contributed by atoms with E-state index in [4.69, 9.17) is 10.5 Å². The maximum atomic E-state index is 13.1. The van der Waals surface area contributed by atoms with Crippen LogP contribution in [0, 0.1) is 5.41 Å². The fourth-order valence-corrected chi connectivity index (χ4v) is 4.73. The van der Waals surface area contributed by atoms with Gasteiger partial charge < -0.3 is 15.8 Å². The van der Waals surface area contributed by atoms with E-state index in [0.29, 0.717) is 37.2 Å². The summed E-state index contributed by atoms with van der Waals surface area (Å²) >= 11 is 0. The molecule has 0 radical (unpaired) electrons. The van der Waals surface area contributed by atoms with Gasteiger partial charge in [-0.15, -0.1) is 0 Å². The molecule has 2 rings (SSSR count). The molecular formula is C18H29N3O4S. The normalized spacial score (nSPS) is 20.6. The van der Waals surface area contributed by atoms with Crippen molar-refractivity contribution in [3.63, 3.8) is 0 Å². The van der Waals surface area contributed by atoms with Crippen LogP contribution >= 0.6 is 0 Å². The zero-order valence-electron chi connectivity index (χ0n) is 15.9. The number of carbonyl (C=O) groups is 1. The van der Waals surface area contributed by atoms with Gasteiger partial charge in [0.1, 0.15) is 5.75 Å². The van der Waals surface area contributed by atoms with Gasteiger partial charge in [-0.3, -0.25) is 4.79 Å². The van der Waals surface area contributed by atoms with Crippen LogP contribution in [0.2, 0.25) is 0 Å². The highest BCUT2D eigenvalue weighted by molar-refractivity contribution is 7.89. The summed E-state index contributed by atoms with van der Waals surface area (Å²) in [7, 11) is -2.12. The minimum Gasteiger partial charge on any atom is -0.496 e. The van der Waals surface area contributed by atoms with Crippen LogP contribution in [0.15, 0.2) is 23.1 Å². The van der Waals surface area contributed by atoms with Crippen LogP contribution in [0.5, 0.6) is 5.75 Å². The molecule has 1 atom stereocenters. The predicted molar refractivity (Wildman–Crippen MR) is 100 cm³/mol. The monoisotopic (exact) mass is 383 g/mol. The number of nitrogens with two attached hydrogens (primary N) is 1. The van der Waals surface area contributed by atoms with Crippen molar-refractivity contribution in [2.24, 2.45) is 11.1 Å². The van der Waals surface area contributed by atoms with Crippen molar-refractivity contribution in [3.8, 4) is 5.75 Å². The van der Waals surface area contributed by atoms with Gasteiger partial charge in [0.05, 0.1) is 12.0 Å². The summed E-state index contributed by atoms with van der Waals surface area (Å²) in [5, 5.41) is 2.76. The first-order chi connectivity index (χ1) is 12.1. The van der Waals surface area contributed by atoms with Crippen molar-refractivity contribution >= 4 is 15.9 Å². The zero-order chi connectivity index (χ0) is 19.5. The third-order valence-corrected chi connectivity index (χ3v) is 6.81. The molecule has 0 saturated carbocycles. The van der Waals surface area contributed by atoms with Crippen molar-refractivity contribution in [3.05, 3.63) is 23.8 Å². The van der Waals surface area contributed by atoms with E-state index in [0.717, 1.165) is 0 Å². The number of methoxy groups -OCH3 is 1. The summed E-state index contributed by atoms with van der Waals surface area (Å²) in [4.78, 5) is 11.7. The van der Waals surface area contributed by atoms with E-state index in [1.165, 1.54) is 11.4 Å². The number of amides is 1. The molecule has 146 valence electrons. The van der Waals surface area contributed by atoms with E-state index in [9.17, 15) is 13.2 Å². The molecular weight excluding hydrogens is 354 g/mol. The second-order valence-corrected chi connectivity index (χ2v) is 9.26. The molecule has 1 aromatic rings. The average molecular weight is 384 g/mol. The molecule has 1 aromatic carbocycles. The van der Waals surface area contributed by atoms with Gasteiger partial charge in [0.2, 0.25) is 15.9 Å². The first-order valence-electron chi connectivity index (χ1n) is 8.81. The maximum Gasteiger partial charge on any atom is 0.243 e. The van der Waals surface area contributed by atoms with Crippen LogP contribution in [0.25, 0.3) is 0 Å². The van der Waals surface area contributed by atoms with Crippen LogP contribution < -0.4 is 15.8 Å². The fourth-order valence-electron chi connectivity index (χ4n) is 3.05. The quantitative estimate of drug-likeness (QED) is 0.774. The number of hydrogen-bond donors (Lipinski definition) is 2. The molecule has 1 heterocycles. The largest absolute Gasteiger partial charge is 0.496 e. The van der Waals surface area contributed by atoms with Crippen LogP contribution in [-0.4, -0.2) is 44.9 Å². The number of nitrogens with zero attached hydrogens (tertiary/aromatic N) is 1. The smallest absolute Gasteiger partial charge is 0.243 e. The molecule has 26 heavy (non-hydrogen) atoms. The Balaban J connectivity index is 2.30. The molecule has 1 aliphatic rings. The van der Waals surface area contributed by atoms with Crippen molar-refractivity contribution in [2.45, 2.75) is 51.1 Å². The minimum absolute atomic E-state index is 0.0235. The van der Waals surface area contributed by atoms with Gasteiger partial charge in [-0.05, 0) is 30.0 Å². The lowest BCUT2D eigenvalue weighted by atomic mass is 9.81. The molecule has 1 amide bonds. The van der Waals surface area contributed by atoms with Gasteiger partial charge in [0.25, 0.3) is 0 Å². The highest BCUT2D eigenvalue weighted by atomic mass is 32.2. The summed E-state index contributed by atoms with van der Waals surface area (Å²) in [6.07, 6.45) is 0.991. The standard InChI is InChI=1S/C18H29N3O4S/c1-5-17(22)20-11-13-10-14(6-7-15(13)25-4)26(23,24)21-9-8-16(19)18(2,3)12-21/h6-7,10,16H,5,8-9,11-12,19H2,1-4H3,(H,20,22). The summed E-state index contributed by atoms with van der Waals surface area (Å²) < 4.78 is 33.0. The highest BCUT2D eigenvalue weighted by Gasteiger charge is 2.38. The summed E-state index contributed by atoms with van der Waals surface area (Å²) in [5.74, 6) is 0.438. The first kappa shape index (κ1) is 20.7. The fraction of sp³-hybridized carbons (Fsp3) is 0.611. The molecule has 7 nitrogen and oxygen atoms in total.